The molecule has 0 heterocycles. The van der Waals surface area contributed by atoms with E-state index in [9.17, 15) is 23.4 Å². The Balaban J connectivity index is 1.48. The number of aliphatic hydroxyl groups is 1. The van der Waals surface area contributed by atoms with Gasteiger partial charge in [-0.15, -0.1) is 0 Å². The summed E-state index contributed by atoms with van der Waals surface area (Å²) in [5.74, 6) is -0.650. The summed E-state index contributed by atoms with van der Waals surface area (Å²) in [6, 6.07) is 16.0. The zero-order valence-electron chi connectivity index (χ0n) is 18.7. The van der Waals surface area contributed by atoms with Gasteiger partial charge in [0.1, 0.15) is 18.1 Å². The number of carboxylic acids is 1. The third-order valence-electron chi connectivity index (χ3n) is 4.97. The topological polar surface area (TPSA) is 145 Å². The Labute approximate surface area is 208 Å². The number of phenols is 1. The van der Waals surface area contributed by atoms with Gasteiger partial charge in [0.2, 0.25) is 10.0 Å². The fourth-order valence-electron chi connectivity index (χ4n) is 3.25. The van der Waals surface area contributed by atoms with Gasteiger partial charge < -0.3 is 25.4 Å². The zero-order chi connectivity index (χ0) is 25.6. The molecule has 0 amide bonds. The van der Waals surface area contributed by atoms with Gasteiger partial charge in [-0.25, -0.2) is 13.2 Å². The normalized spacial score (nSPS) is 12.2. The van der Waals surface area contributed by atoms with E-state index in [1.165, 1.54) is 30.3 Å². The number of nitrogens with one attached hydrogen (secondary N) is 2. The summed E-state index contributed by atoms with van der Waals surface area (Å²) in [5.41, 5.74) is 2.08. The molecule has 0 saturated carbocycles. The van der Waals surface area contributed by atoms with E-state index in [0.717, 1.165) is 11.8 Å². The average molecular weight is 521 g/mol. The van der Waals surface area contributed by atoms with Gasteiger partial charge in [0.05, 0.1) is 23.6 Å². The molecule has 0 bridgehead atoms. The Hall–Kier alpha value is -3.31. The SMILES string of the molecule is CS(=O)(=O)Nc1cc([C@H](O)CNCCOc2ccc(-c3ccc(C(=O)O)cc3Cl)cc2)ccc1O. The van der Waals surface area contributed by atoms with Crippen LogP contribution in [-0.2, 0) is 10.0 Å². The summed E-state index contributed by atoms with van der Waals surface area (Å²) in [5, 5.41) is 32.6. The van der Waals surface area contributed by atoms with Crippen molar-refractivity contribution in [2.45, 2.75) is 6.10 Å². The van der Waals surface area contributed by atoms with Gasteiger partial charge in [-0.1, -0.05) is 35.9 Å². The van der Waals surface area contributed by atoms with Crippen molar-refractivity contribution in [3.8, 4) is 22.6 Å². The summed E-state index contributed by atoms with van der Waals surface area (Å²) >= 11 is 6.21. The third kappa shape index (κ3) is 7.59. The highest BCUT2D eigenvalue weighted by Gasteiger charge is 2.13. The highest BCUT2D eigenvalue weighted by atomic mass is 35.5. The lowest BCUT2D eigenvalue weighted by molar-refractivity contribution is 0.0697. The summed E-state index contributed by atoms with van der Waals surface area (Å²) in [4.78, 5) is 11.0. The number of aromatic hydroxyl groups is 1. The van der Waals surface area contributed by atoms with Crippen molar-refractivity contribution < 1.29 is 33.3 Å². The molecule has 3 rings (SSSR count). The molecule has 186 valence electrons. The van der Waals surface area contributed by atoms with Crippen LogP contribution in [0.1, 0.15) is 22.0 Å². The molecule has 0 unspecified atom stereocenters. The van der Waals surface area contributed by atoms with E-state index >= 15 is 0 Å². The molecule has 1 atom stereocenters. The monoisotopic (exact) mass is 520 g/mol. The van der Waals surface area contributed by atoms with Crippen LogP contribution in [0.4, 0.5) is 5.69 Å². The van der Waals surface area contributed by atoms with Crippen LogP contribution in [0.25, 0.3) is 11.1 Å². The molecule has 0 aliphatic carbocycles. The molecule has 0 spiro atoms. The first-order valence-electron chi connectivity index (χ1n) is 10.5. The second-order valence-electron chi connectivity index (χ2n) is 7.74. The van der Waals surface area contributed by atoms with Gasteiger partial charge in [-0.3, -0.25) is 4.72 Å². The van der Waals surface area contributed by atoms with E-state index in [1.54, 1.807) is 18.2 Å². The highest BCUT2D eigenvalue weighted by molar-refractivity contribution is 7.92. The maximum atomic E-state index is 11.4. The average Bonchev–Trinajstić information content (AvgIpc) is 2.79. The number of hydrogen-bond donors (Lipinski definition) is 5. The van der Waals surface area contributed by atoms with Crippen molar-refractivity contribution in [2.24, 2.45) is 0 Å². The number of rotatable bonds is 11. The first-order chi connectivity index (χ1) is 16.5. The van der Waals surface area contributed by atoms with Crippen LogP contribution in [0.2, 0.25) is 5.02 Å². The Morgan fingerprint density at radius 2 is 1.80 bits per heavy atom. The smallest absolute Gasteiger partial charge is 0.335 e. The van der Waals surface area contributed by atoms with E-state index in [2.05, 4.69) is 10.0 Å². The summed E-state index contributed by atoms with van der Waals surface area (Å²) in [6.45, 7) is 0.959. The molecule has 3 aromatic carbocycles. The number of sulfonamides is 1. The van der Waals surface area contributed by atoms with E-state index < -0.39 is 22.1 Å². The van der Waals surface area contributed by atoms with Gasteiger partial charge in [-0.2, -0.15) is 0 Å². The maximum absolute atomic E-state index is 11.4. The molecule has 3 aromatic rings. The van der Waals surface area contributed by atoms with Crippen molar-refractivity contribution in [3.63, 3.8) is 0 Å². The quantitative estimate of drug-likeness (QED) is 0.191. The van der Waals surface area contributed by atoms with E-state index in [1.807, 2.05) is 12.1 Å². The lowest BCUT2D eigenvalue weighted by atomic mass is 10.0. The fourth-order valence-corrected chi connectivity index (χ4v) is 4.11. The number of anilines is 1. The maximum Gasteiger partial charge on any atom is 0.335 e. The van der Waals surface area contributed by atoms with Gasteiger partial charge in [-0.05, 0) is 47.5 Å². The minimum atomic E-state index is -3.57. The number of aliphatic hydroxyl groups excluding tert-OH is 1. The molecular weight excluding hydrogens is 496 g/mol. The number of ether oxygens (including phenoxy) is 1. The van der Waals surface area contributed by atoms with Gasteiger partial charge >= 0.3 is 5.97 Å². The number of carbonyl (C=O) groups is 1. The van der Waals surface area contributed by atoms with E-state index in [4.69, 9.17) is 21.4 Å². The second kappa shape index (κ2) is 11.4. The Morgan fingerprint density at radius 1 is 1.09 bits per heavy atom. The Bertz CT molecular complexity index is 1300. The van der Waals surface area contributed by atoms with Crippen LogP contribution in [0.15, 0.2) is 60.7 Å². The molecule has 0 aliphatic heterocycles. The number of halogens is 1. The molecule has 9 nitrogen and oxygen atoms in total. The van der Waals surface area contributed by atoms with E-state index in [0.29, 0.717) is 35.1 Å². The van der Waals surface area contributed by atoms with Crippen molar-refractivity contribution in [2.75, 3.05) is 30.7 Å². The van der Waals surface area contributed by atoms with Gasteiger partial charge in [0.25, 0.3) is 0 Å². The molecule has 11 heteroatoms. The largest absolute Gasteiger partial charge is 0.506 e. The van der Waals surface area contributed by atoms with E-state index in [-0.39, 0.29) is 23.5 Å². The number of aromatic carboxylic acids is 1. The molecular formula is C24H25ClN2O7S. The van der Waals surface area contributed by atoms with Crippen molar-refractivity contribution in [1.82, 2.24) is 5.32 Å². The van der Waals surface area contributed by atoms with Gasteiger partial charge in [0, 0.05) is 23.7 Å². The van der Waals surface area contributed by atoms with Crippen molar-refractivity contribution in [1.29, 1.82) is 0 Å². The number of hydrogen-bond acceptors (Lipinski definition) is 7. The minimum absolute atomic E-state index is 0.00468. The van der Waals surface area contributed by atoms with Crippen LogP contribution >= 0.6 is 11.6 Å². The van der Waals surface area contributed by atoms with Crippen LogP contribution in [-0.4, -0.2) is 55.7 Å². The van der Waals surface area contributed by atoms with Crippen LogP contribution in [0.5, 0.6) is 11.5 Å². The van der Waals surface area contributed by atoms with Crippen molar-refractivity contribution in [3.05, 3.63) is 76.8 Å². The molecule has 0 aliphatic rings. The lowest BCUT2D eigenvalue weighted by Gasteiger charge is -2.15. The third-order valence-corrected chi connectivity index (χ3v) is 5.87. The Morgan fingerprint density at radius 3 is 2.43 bits per heavy atom. The number of carboxylic acid groups (broad SMARTS) is 1. The second-order valence-corrected chi connectivity index (χ2v) is 9.90. The van der Waals surface area contributed by atoms with Crippen LogP contribution in [0.3, 0.4) is 0 Å². The standard InChI is InChI=1S/C24H25ClN2O7S/c1-35(32,33)27-21-13-16(5-9-22(21)28)23(29)14-26-10-11-34-18-6-2-15(3-7-18)19-8-4-17(24(30)31)12-20(19)25/h2-9,12-13,23,26-29H,10-11,14H2,1H3,(H,30,31)/t23-/m1/s1. The minimum Gasteiger partial charge on any atom is -0.506 e. The van der Waals surface area contributed by atoms with Gasteiger partial charge in [0.15, 0.2) is 0 Å². The Kier molecular flexibility index (Phi) is 8.57. The first kappa shape index (κ1) is 26.3. The number of phenolic OH excluding ortho intramolecular Hbond substituents is 1. The molecule has 0 fully saturated rings. The molecule has 0 saturated heterocycles. The molecule has 0 radical (unpaired) electrons. The lowest BCUT2D eigenvalue weighted by Crippen LogP contribution is -2.26. The van der Waals surface area contributed by atoms with Crippen LogP contribution in [0, 0.1) is 0 Å². The predicted octanol–water partition coefficient (Wildman–Crippen LogP) is 3.48. The molecule has 35 heavy (non-hydrogen) atoms. The summed E-state index contributed by atoms with van der Waals surface area (Å²) in [6.07, 6.45) is 0.0467. The predicted molar refractivity (Wildman–Crippen MR) is 134 cm³/mol. The van der Waals surface area contributed by atoms with Crippen molar-refractivity contribution >= 4 is 33.3 Å². The molecule has 5 N–H and O–H groups in total. The fraction of sp³-hybridized carbons (Fsp3) is 0.208. The first-order valence-corrected chi connectivity index (χ1v) is 12.8. The molecule has 0 aromatic heterocycles. The zero-order valence-corrected chi connectivity index (χ0v) is 20.3. The summed E-state index contributed by atoms with van der Waals surface area (Å²) in [7, 11) is -3.57. The highest BCUT2D eigenvalue weighted by Crippen LogP contribution is 2.30. The van der Waals surface area contributed by atoms with Crippen LogP contribution < -0.4 is 14.8 Å². The number of benzene rings is 3. The summed E-state index contributed by atoms with van der Waals surface area (Å²) < 4.78 is 30.7.